The summed E-state index contributed by atoms with van der Waals surface area (Å²) in [6.45, 7) is 3.58. The van der Waals surface area contributed by atoms with Crippen molar-refractivity contribution in [3.8, 4) is 0 Å². The molecule has 2 amide bonds. The molecule has 3 atom stereocenters. The number of benzene rings is 1. The van der Waals surface area contributed by atoms with Crippen molar-refractivity contribution >= 4 is 17.5 Å². The maximum Gasteiger partial charge on any atom is 0.426 e. The predicted molar refractivity (Wildman–Crippen MR) is 95.1 cm³/mol. The van der Waals surface area contributed by atoms with Gasteiger partial charge in [-0.2, -0.15) is 13.2 Å². The lowest BCUT2D eigenvalue weighted by atomic mass is 9.85. The fourth-order valence-corrected chi connectivity index (χ4v) is 3.38. The van der Waals surface area contributed by atoms with Crippen molar-refractivity contribution in [3.63, 3.8) is 0 Å². The molecule has 2 rings (SSSR count). The predicted octanol–water partition coefficient (Wildman–Crippen LogP) is 2.89. The Bertz CT molecular complexity index is 764. The Morgan fingerprint density at radius 1 is 1.29 bits per heavy atom. The second-order valence-corrected chi connectivity index (χ2v) is 7.55. The van der Waals surface area contributed by atoms with Crippen LogP contribution < -0.4 is 4.90 Å². The molecule has 1 N–H and O–H groups in total. The number of hydrogen-bond donors (Lipinski definition) is 1. The minimum atomic E-state index is -5.09. The Morgan fingerprint density at radius 2 is 1.89 bits per heavy atom. The van der Waals surface area contributed by atoms with Gasteiger partial charge in [-0.3, -0.25) is 9.59 Å². The number of carbonyl (C=O) groups is 2. The third-order valence-electron chi connectivity index (χ3n) is 5.27. The van der Waals surface area contributed by atoms with Crippen LogP contribution in [0.2, 0.25) is 0 Å². The summed E-state index contributed by atoms with van der Waals surface area (Å²) in [4.78, 5) is 27.1. The first-order chi connectivity index (χ1) is 12.8. The van der Waals surface area contributed by atoms with Gasteiger partial charge in [-0.15, -0.1) is 0 Å². The standard InChI is InChI=1S/C19H24F4N2O3/c1-11-5-6-15(14(20)9-11)24(4)16(26)13-7-8-25(10-12(13)2)17(27)18(3,28)19(21,22)23/h5-6,9,12-13,28H,7-8,10H2,1-4H3/t12-,13+,18+/m0/s1. The molecule has 0 aliphatic carbocycles. The van der Waals surface area contributed by atoms with E-state index in [0.29, 0.717) is 12.5 Å². The summed E-state index contributed by atoms with van der Waals surface area (Å²) < 4.78 is 52.9. The van der Waals surface area contributed by atoms with E-state index in [1.54, 1.807) is 19.9 Å². The van der Waals surface area contributed by atoms with E-state index < -0.39 is 35.3 Å². The third kappa shape index (κ3) is 4.14. The number of hydrogen-bond acceptors (Lipinski definition) is 3. The fraction of sp³-hybridized carbons (Fsp3) is 0.579. The number of rotatable bonds is 3. The van der Waals surface area contributed by atoms with Gasteiger partial charge in [0, 0.05) is 26.1 Å². The lowest BCUT2D eigenvalue weighted by molar-refractivity contribution is -0.251. The normalized spacial score (nSPS) is 22.5. The molecular formula is C19H24F4N2O3. The van der Waals surface area contributed by atoms with Crippen LogP contribution in [-0.2, 0) is 9.59 Å². The number of aliphatic hydroxyl groups is 1. The van der Waals surface area contributed by atoms with Crippen molar-refractivity contribution in [3.05, 3.63) is 29.6 Å². The van der Waals surface area contributed by atoms with Crippen LogP contribution in [0.1, 0.15) is 25.8 Å². The van der Waals surface area contributed by atoms with Crippen LogP contribution in [0.3, 0.4) is 0 Å². The highest BCUT2D eigenvalue weighted by Crippen LogP contribution is 2.34. The van der Waals surface area contributed by atoms with E-state index in [1.165, 1.54) is 24.1 Å². The summed E-state index contributed by atoms with van der Waals surface area (Å²) in [5.41, 5.74) is -2.66. The number of alkyl halides is 3. The van der Waals surface area contributed by atoms with Crippen LogP contribution in [0.15, 0.2) is 18.2 Å². The van der Waals surface area contributed by atoms with Crippen LogP contribution in [0.4, 0.5) is 23.2 Å². The highest BCUT2D eigenvalue weighted by Gasteiger charge is 2.57. The van der Waals surface area contributed by atoms with Gasteiger partial charge in [0.25, 0.3) is 5.91 Å². The molecule has 1 aromatic carbocycles. The van der Waals surface area contributed by atoms with E-state index in [2.05, 4.69) is 0 Å². The molecule has 0 spiro atoms. The second-order valence-electron chi connectivity index (χ2n) is 7.55. The number of amides is 2. The van der Waals surface area contributed by atoms with E-state index in [9.17, 15) is 32.3 Å². The molecule has 5 nitrogen and oxygen atoms in total. The van der Waals surface area contributed by atoms with Crippen molar-refractivity contribution in [2.75, 3.05) is 25.0 Å². The Morgan fingerprint density at radius 3 is 2.39 bits per heavy atom. The van der Waals surface area contributed by atoms with Crippen LogP contribution in [0.5, 0.6) is 0 Å². The monoisotopic (exact) mass is 404 g/mol. The van der Waals surface area contributed by atoms with Gasteiger partial charge in [0.2, 0.25) is 11.5 Å². The van der Waals surface area contributed by atoms with Crippen molar-refractivity contribution in [2.45, 2.75) is 39.0 Å². The highest BCUT2D eigenvalue weighted by atomic mass is 19.4. The largest absolute Gasteiger partial charge is 0.426 e. The molecule has 9 heteroatoms. The minimum absolute atomic E-state index is 0.101. The molecule has 156 valence electrons. The number of aryl methyl sites for hydroxylation is 1. The molecule has 28 heavy (non-hydrogen) atoms. The molecule has 0 aromatic heterocycles. The van der Waals surface area contributed by atoms with Gasteiger partial charge < -0.3 is 14.9 Å². The van der Waals surface area contributed by atoms with Crippen molar-refractivity contribution in [2.24, 2.45) is 11.8 Å². The molecular weight excluding hydrogens is 380 g/mol. The van der Waals surface area contributed by atoms with Gasteiger partial charge in [-0.1, -0.05) is 13.0 Å². The van der Waals surface area contributed by atoms with E-state index in [-0.39, 0.29) is 31.1 Å². The van der Waals surface area contributed by atoms with Gasteiger partial charge in [0.05, 0.1) is 5.69 Å². The first-order valence-electron chi connectivity index (χ1n) is 8.89. The highest BCUT2D eigenvalue weighted by molar-refractivity contribution is 5.95. The first-order valence-corrected chi connectivity index (χ1v) is 8.89. The average Bonchev–Trinajstić information content (AvgIpc) is 2.58. The molecule has 1 aromatic rings. The minimum Gasteiger partial charge on any atom is -0.373 e. The molecule has 1 saturated heterocycles. The average molecular weight is 404 g/mol. The zero-order valence-electron chi connectivity index (χ0n) is 16.2. The number of likely N-dealkylation sites (tertiary alicyclic amines) is 1. The number of piperidine rings is 1. The SMILES string of the molecule is Cc1ccc(N(C)C(=O)[C@@H]2CCN(C(=O)[C@@](C)(O)C(F)(F)F)C[C@@H]2C)c(F)c1. The number of anilines is 1. The Hall–Kier alpha value is -2.16. The van der Waals surface area contributed by atoms with E-state index >= 15 is 0 Å². The zero-order valence-corrected chi connectivity index (χ0v) is 16.2. The van der Waals surface area contributed by atoms with Gasteiger partial charge in [-0.25, -0.2) is 4.39 Å². The van der Waals surface area contributed by atoms with E-state index in [1.807, 2.05) is 0 Å². The lowest BCUT2D eigenvalue weighted by Gasteiger charge is -2.40. The number of nitrogens with zero attached hydrogens (tertiary/aromatic N) is 2. The summed E-state index contributed by atoms with van der Waals surface area (Å²) in [6.07, 6.45) is -4.97. The van der Waals surface area contributed by atoms with Crippen molar-refractivity contribution in [1.29, 1.82) is 0 Å². The molecule has 1 aliphatic heterocycles. The maximum absolute atomic E-state index is 14.2. The third-order valence-corrected chi connectivity index (χ3v) is 5.27. The molecule has 1 aliphatic rings. The summed E-state index contributed by atoms with van der Waals surface area (Å²) in [7, 11) is 1.44. The van der Waals surface area contributed by atoms with Crippen LogP contribution in [0.25, 0.3) is 0 Å². The molecule has 0 unspecified atom stereocenters. The Labute approximate surface area is 160 Å². The first kappa shape index (κ1) is 22.1. The second kappa shape index (κ2) is 7.69. The topological polar surface area (TPSA) is 60.9 Å². The Balaban J connectivity index is 2.11. The summed E-state index contributed by atoms with van der Waals surface area (Å²) in [5, 5.41) is 9.59. The maximum atomic E-state index is 14.2. The molecule has 0 radical (unpaired) electrons. The van der Waals surface area contributed by atoms with Crippen molar-refractivity contribution < 1.29 is 32.3 Å². The lowest BCUT2D eigenvalue weighted by Crippen LogP contribution is -2.59. The van der Waals surface area contributed by atoms with Crippen molar-refractivity contribution in [1.82, 2.24) is 4.90 Å². The summed E-state index contributed by atoms with van der Waals surface area (Å²) >= 11 is 0. The van der Waals surface area contributed by atoms with Crippen LogP contribution >= 0.6 is 0 Å². The van der Waals surface area contributed by atoms with E-state index in [4.69, 9.17) is 0 Å². The van der Waals surface area contributed by atoms with Gasteiger partial charge in [-0.05, 0) is 43.9 Å². The molecule has 1 heterocycles. The van der Waals surface area contributed by atoms with Gasteiger partial charge in [0.15, 0.2) is 0 Å². The van der Waals surface area contributed by atoms with Crippen LogP contribution in [-0.4, -0.2) is 53.7 Å². The molecule has 1 fully saturated rings. The fourth-order valence-electron chi connectivity index (χ4n) is 3.38. The quantitative estimate of drug-likeness (QED) is 0.789. The van der Waals surface area contributed by atoms with Gasteiger partial charge >= 0.3 is 6.18 Å². The van der Waals surface area contributed by atoms with E-state index in [0.717, 1.165) is 4.90 Å². The molecule has 0 bridgehead atoms. The van der Waals surface area contributed by atoms with Crippen LogP contribution in [0, 0.1) is 24.6 Å². The zero-order chi connectivity index (χ0) is 21.4. The number of halogens is 4. The smallest absolute Gasteiger partial charge is 0.373 e. The summed E-state index contributed by atoms with van der Waals surface area (Å²) in [5.74, 6) is -3.38. The number of carbonyl (C=O) groups excluding carboxylic acids is 2. The van der Waals surface area contributed by atoms with Gasteiger partial charge in [0.1, 0.15) is 5.82 Å². The Kier molecular flexibility index (Phi) is 6.08. The molecule has 0 saturated carbocycles. The summed E-state index contributed by atoms with van der Waals surface area (Å²) in [6, 6.07) is 4.47.